The maximum Gasteiger partial charge on any atom is 0.320 e. The van der Waals surface area contributed by atoms with Gasteiger partial charge >= 0.3 is 6.01 Å². The molecule has 1 saturated heterocycles. The number of piperidine rings is 1. The Morgan fingerprint density at radius 3 is 2.41 bits per heavy atom. The Morgan fingerprint density at radius 1 is 1.12 bits per heavy atom. The first-order valence-corrected chi connectivity index (χ1v) is 11.9. The average molecular weight is 455 g/mol. The number of methoxy groups -OCH3 is 1. The first-order chi connectivity index (χ1) is 16.3. The smallest absolute Gasteiger partial charge is 0.320 e. The molecule has 34 heavy (non-hydrogen) atoms. The molecule has 1 unspecified atom stereocenters. The third-order valence-electron chi connectivity index (χ3n) is 8.29. The number of aromatic nitrogens is 4. The Bertz CT molecular complexity index is 1310. The zero-order chi connectivity index (χ0) is 24.1. The van der Waals surface area contributed by atoms with Gasteiger partial charge in [0.15, 0.2) is 5.82 Å². The van der Waals surface area contributed by atoms with Crippen molar-refractivity contribution in [2.24, 2.45) is 17.3 Å². The van der Waals surface area contributed by atoms with E-state index in [2.05, 4.69) is 64.9 Å². The van der Waals surface area contributed by atoms with Crippen LogP contribution in [0.5, 0.6) is 6.01 Å². The van der Waals surface area contributed by atoms with Gasteiger partial charge in [-0.05, 0) is 49.7 Å². The van der Waals surface area contributed by atoms with Gasteiger partial charge in [0.05, 0.1) is 30.3 Å². The van der Waals surface area contributed by atoms with Crippen LogP contribution in [0.4, 0.5) is 5.82 Å². The van der Waals surface area contributed by atoms with E-state index in [9.17, 15) is 5.26 Å². The second kappa shape index (κ2) is 8.02. The van der Waals surface area contributed by atoms with E-state index in [0.29, 0.717) is 23.7 Å². The zero-order valence-electron chi connectivity index (χ0n) is 20.2. The lowest BCUT2D eigenvalue weighted by atomic mass is 9.65. The zero-order valence-corrected chi connectivity index (χ0v) is 20.2. The number of anilines is 1. The summed E-state index contributed by atoms with van der Waals surface area (Å²) in [7, 11) is 1.58. The molecule has 2 aromatic heterocycles. The predicted octanol–water partition coefficient (Wildman–Crippen LogP) is 4.50. The van der Waals surface area contributed by atoms with Crippen molar-refractivity contribution < 1.29 is 4.74 Å². The molecule has 3 atom stereocenters. The van der Waals surface area contributed by atoms with Crippen molar-refractivity contribution in [3.05, 3.63) is 36.0 Å². The predicted molar refractivity (Wildman–Crippen MR) is 132 cm³/mol. The number of hydrogen-bond donors (Lipinski definition) is 0. The lowest BCUT2D eigenvalue weighted by Crippen LogP contribution is -2.50. The van der Waals surface area contributed by atoms with Crippen molar-refractivity contribution >= 4 is 16.7 Å². The standard InChI is InChI=1S/C27H30N6O/c1-6-26(4)18(2)15-32(16-19(26)3)23-13-24(31-25(30-23)34-5)33-22-12-21(9-8-20(22)14-29-33)27(17-28)10-7-11-27/h1,8-9,12-14,18-19H,7,10-11,15-16H2,2-5H3/t18-,19+,26?. The van der Waals surface area contributed by atoms with Crippen molar-refractivity contribution in [2.75, 3.05) is 25.1 Å². The quantitative estimate of drug-likeness (QED) is 0.540. The summed E-state index contributed by atoms with van der Waals surface area (Å²) in [5.41, 5.74) is 1.43. The third kappa shape index (κ3) is 3.30. The van der Waals surface area contributed by atoms with Gasteiger partial charge in [-0.25, -0.2) is 4.68 Å². The highest BCUT2D eigenvalue weighted by molar-refractivity contribution is 5.81. The Hall–Kier alpha value is -3.58. The Balaban J connectivity index is 1.56. The molecule has 7 heteroatoms. The fraction of sp³-hybridized carbons (Fsp3) is 0.481. The van der Waals surface area contributed by atoms with Crippen LogP contribution >= 0.6 is 0 Å². The second-order valence-electron chi connectivity index (χ2n) is 10.1. The lowest BCUT2D eigenvalue weighted by molar-refractivity contribution is 0.161. The van der Waals surface area contributed by atoms with Crippen LogP contribution in [0.3, 0.4) is 0 Å². The molecule has 2 fully saturated rings. The van der Waals surface area contributed by atoms with Crippen LogP contribution in [0, 0.1) is 40.9 Å². The molecule has 1 saturated carbocycles. The highest BCUT2D eigenvalue weighted by atomic mass is 16.5. The minimum atomic E-state index is -0.387. The fourth-order valence-electron chi connectivity index (χ4n) is 5.33. The summed E-state index contributed by atoms with van der Waals surface area (Å²) in [5, 5.41) is 15.4. The van der Waals surface area contributed by atoms with Crippen molar-refractivity contribution in [3.8, 4) is 30.2 Å². The van der Waals surface area contributed by atoms with Gasteiger partial charge in [0.1, 0.15) is 5.82 Å². The van der Waals surface area contributed by atoms with Gasteiger partial charge in [0.25, 0.3) is 0 Å². The maximum atomic E-state index is 9.82. The minimum absolute atomic E-state index is 0.150. The molecule has 0 bridgehead atoms. The van der Waals surface area contributed by atoms with E-state index in [0.717, 1.165) is 54.6 Å². The molecule has 7 nitrogen and oxygen atoms in total. The van der Waals surface area contributed by atoms with Crippen molar-refractivity contribution in [2.45, 2.75) is 45.4 Å². The molecular formula is C27H30N6O. The van der Waals surface area contributed by atoms with Gasteiger partial charge in [-0.1, -0.05) is 31.9 Å². The number of rotatable bonds is 4. The molecular weight excluding hydrogens is 424 g/mol. The van der Waals surface area contributed by atoms with Crippen LogP contribution in [-0.2, 0) is 5.41 Å². The molecule has 3 heterocycles. The lowest BCUT2D eigenvalue weighted by Gasteiger charge is -2.46. The second-order valence-corrected chi connectivity index (χ2v) is 10.1. The fourth-order valence-corrected chi connectivity index (χ4v) is 5.33. The summed E-state index contributed by atoms with van der Waals surface area (Å²) in [6.45, 7) is 8.19. The first-order valence-electron chi connectivity index (χ1n) is 11.9. The van der Waals surface area contributed by atoms with Gasteiger partial charge in [0, 0.05) is 30.0 Å². The van der Waals surface area contributed by atoms with E-state index in [1.165, 1.54) is 0 Å². The molecule has 174 valence electrons. The molecule has 3 aromatic rings. The monoisotopic (exact) mass is 454 g/mol. The normalized spacial score (nSPS) is 25.9. The number of terminal acetylenes is 1. The average Bonchev–Trinajstić information content (AvgIpc) is 3.25. The van der Waals surface area contributed by atoms with Crippen LogP contribution < -0.4 is 9.64 Å². The molecule has 0 amide bonds. The van der Waals surface area contributed by atoms with E-state index >= 15 is 0 Å². The number of ether oxygens (including phenoxy) is 1. The summed E-state index contributed by atoms with van der Waals surface area (Å²) < 4.78 is 7.29. The van der Waals surface area contributed by atoms with Gasteiger partial charge in [0.2, 0.25) is 0 Å². The highest BCUT2D eigenvalue weighted by Crippen LogP contribution is 2.44. The SMILES string of the molecule is C#CC1(C)[C@H](C)CN(c2cc(-n3ncc4ccc(C5(C#N)CCC5)cc43)nc(OC)n2)C[C@@H]1C. The van der Waals surface area contributed by atoms with Crippen molar-refractivity contribution in [1.29, 1.82) is 5.26 Å². The Morgan fingerprint density at radius 2 is 1.82 bits per heavy atom. The van der Waals surface area contributed by atoms with Crippen LogP contribution in [0.1, 0.15) is 45.6 Å². The largest absolute Gasteiger partial charge is 0.467 e. The summed E-state index contributed by atoms with van der Waals surface area (Å²) in [4.78, 5) is 11.5. The minimum Gasteiger partial charge on any atom is -0.467 e. The highest BCUT2D eigenvalue weighted by Gasteiger charge is 2.41. The summed E-state index contributed by atoms with van der Waals surface area (Å²) in [6, 6.07) is 11.0. The number of hydrogen-bond acceptors (Lipinski definition) is 6. The molecule has 0 radical (unpaired) electrons. The topological polar surface area (TPSA) is 79.9 Å². The van der Waals surface area contributed by atoms with Gasteiger partial charge in [-0.3, -0.25) is 0 Å². The van der Waals surface area contributed by atoms with Crippen molar-refractivity contribution in [1.82, 2.24) is 19.7 Å². The third-order valence-corrected chi connectivity index (χ3v) is 8.29. The summed E-state index contributed by atoms with van der Waals surface area (Å²) in [5.74, 6) is 5.09. The van der Waals surface area contributed by atoms with E-state index in [-0.39, 0.29) is 10.8 Å². The summed E-state index contributed by atoms with van der Waals surface area (Å²) >= 11 is 0. The Kier molecular flexibility index (Phi) is 5.24. The van der Waals surface area contributed by atoms with Crippen LogP contribution in [0.15, 0.2) is 30.5 Å². The number of nitriles is 1. The van der Waals surface area contributed by atoms with Gasteiger partial charge in [-0.15, -0.1) is 6.42 Å². The Labute approximate surface area is 200 Å². The molecule has 0 spiro atoms. The molecule has 2 aliphatic rings. The number of nitrogens with zero attached hydrogens (tertiary/aromatic N) is 6. The first kappa shape index (κ1) is 22.2. The van der Waals surface area contributed by atoms with Crippen molar-refractivity contribution in [3.63, 3.8) is 0 Å². The van der Waals surface area contributed by atoms with Crippen LogP contribution in [0.25, 0.3) is 16.7 Å². The van der Waals surface area contributed by atoms with Crippen LogP contribution in [0.2, 0.25) is 0 Å². The summed E-state index contributed by atoms with van der Waals surface area (Å²) in [6.07, 6.45) is 10.6. The molecule has 1 aliphatic heterocycles. The van der Waals surface area contributed by atoms with E-state index in [1.807, 2.05) is 23.0 Å². The van der Waals surface area contributed by atoms with E-state index in [1.54, 1.807) is 7.11 Å². The van der Waals surface area contributed by atoms with Gasteiger partial charge < -0.3 is 9.64 Å². The van der Waals surface area contributed by atoms with Crippen LogP contribution in [-0.4, -0.2) is 39.9 Å². The molecule has 1 aromatic carbocycles. The molecule has 0 N–H and O–H groups in total. The molecule has 5 rings (SSSR count). The van der Waals surface area contributed by atoms with E-state index < -0.39 is 0 Å². The number of benzene rings is 1. The number of fused-ring (bicyclic) bond motifs is 1. The maximum absolute atomic E-state index is 9.82. The van der Waals surface area contributed by atoms with Gasteiger partial charge in [-0.2, -0.15) is 20.3 Å². The molecule has 1 aliphatic carbocycles. The van der Waals surface area contributed by atoms with E-state index in [4.69, 9.17) is 11.2 Å².